The molecular formula is C29H36O2S. The van der Waals surface area contributed by atoms with Crippen LogP contribution in [-0.2, 0) is 17.3 Å². The van der Waals surface area contributed by atoms with Crippen molar-refractivity contribution in [1.29, 1.82) is 0 Å². The summed E-state index contributed by atoms with van der Waals surface area (Å²) in [4.78, 5) is 2.34. The maximum Gasteiger partial charge on any atom is 0.124 e. The van der Waals surface area contributed by atoms with Crippen LogP contribution in [0.1, 0.15) is 69.4 Å². The van der Waals surface area contributed by atoms with Gasteiger partial charge in [-0.3, -0.25) is 0 Å². The zero-order valence-corrected chi connectivity index (χ0v) is 21.5. The van der Waals surface area contributed by atoms with E-state index in [0.717, 1.165) is 28.2 Å². The van der Waals surface area contributed by atoms with Gasteiger partial charge in [0.25, 0.3) is 0 Å². The largest absolute Gasteiger partial charge is 0.507 e. The van der Waals surface area contributed by atoms with E-state index >= 15 is 0 Å². The van der Waals surface area contributed by atoms with Gasteiger partial charge in [0.1, 0.15) is 11.5 Å². The number of rotatable bonds is 5. The molecule has 0 aliphatic heterocycles. The van der Waals surface area contributed by atoms with E-state index < -0.39 is 0 Å². The molecule has 3 aromatic carbocycles. The maximum absolute atomic E-state index is 11.3. The normalized spacial score (nSPS) is 12.1. The lowest BCUT2D eigenvalue weighted by atomic mass is 9.78. The molecule has 0 saturated heterocycles. The first-order chi connectivity index (χ1) is 14.9. The maximum atomic E-state index is 11.3. The van der Waals surface area contributed by atoms with E-state index in [4.69, 9.17) is 4.74 Å². The summed E-state index contributed by atoms with van der Waals surface area (Å²) in [6.07, 6.45) is 0.891. The Bertz CT molecular complexity index is 1070. The van der Waals surface area contributed by atoms with Crippen molar-refractivity contribution < 1.29 is 9.84 Å². The lowest BCUT2D eigenvalue weighted by Gasteiger charge is -2.30. The Kier molecular flexibility index (Phi) is 7.00. The second-order valence-corrected chi connectivity index (χ2v) is 11.6. The molecule has 0 aliphatic rings. The number of aryl methyl sites for hydroxylation is 1. The molecule has 0 aromatic heterocycles. The number of hydrogen-bond acceptors (Lipinski definition) is 3. The molecule has 3 rings (SSSR count). The zero-order valence-electron chi connectivity index (χ0n) is 20.7. The monoisotopic (exact) mass is 448 g/mol. The molecule has 0 fully saturated rings. The minimum Gasteiger partial charge on any atom is -0.507 e. The molecule has 1 N–H and O–H groups in total. The Morgan fingerprint density at radius 1 is 0.812 bits per heavy atom. The van der Waals surface area contributed by atoms with E-state index in [2.05, 4.69) is 90.9 Å². The summed E-state index contributed by atoms with van der Waals surface area (Å²) in [6, 6.07) is 19.2. The fourth-order valence-electron chi connectivity index (χ4n) is 3.96. The van der Waals surface area contributed by atoms with Gasteiger partial charge in [-0.2, -0.15) is 0 Å². The Balaban J connectivity index is 1.90. The molecule has 0 amide bonds. The molecule has 0 bridgehead atoms. The molecule has 0 aliphatic carbocycles. The summed E-state index contributed by atoms with van der Waals surface area (Å²) < 4.78 is 5.25. The summed E-state index contributed by atoms with van der Waals surface area (Å²) >= 11 is 1.74. The van der Waals surface area contributed by atoms with Crippen molar-refractivity contribution in [3.8, 4) is 11.5 Å². The summed E-state index contributed by atoms with van der Waals surface area (Å²) in [6.45, 7) is 15.2. The Labute approximate surface area is 198 Å². The molecule has 0 saturated carbocycles. The second-order valence-electron chi connectivity index (χ2n) is 10.6. The molecule has 0 atom stereocenters. The van der Waals surface area contributed by atoms with Crippen molar-refractivity contribution in [2.75, 3.05) is 7.11 Å². The molecule has 32 heavy (non-hydrogen) atoms. The second kappa shape index (κ2) is 9.23. The Morgan fingerprint density at radius 2 is 1.34 bits per heavy atom. The van der Waals surface area contributed by atoms with Crippen LogP contribution in [0.2, 0.25) is 0 Å². The molecule has 2 nitrogen and oxygen atoms in total. The molecule has 170 valence electrons. The molecule has 0 spiro atoms. The molecule has 0 unspecified atom stereocenters. The van der Waals surface area contributed by atoms with Crippen LogP contribution >= 0.6 is 11.8 Å². The van der Waals surface area contributed by atoms with Crippen LogP contribution in [0.15, 0.2) is 64.4 Å². The number of benzene rings is 3. The number of hydrogen-bond donors (Lipinski definition) is 1. The van der Waals surface area contributed by atoms with Gasteiger partial charge < -0.3 is 9.84 Å². The van der Waals surface area contributed by atoms with Crippen molar-refractivity contribution in [3.63, 3.8) is 0 Å². The van der Waals surface area contributed by atoms with Crippen molar-refractivity contribution in [2.45, 2.75) is 75.5 Å². The Morgan fingerprint density at radius 3 is 1.81 bits per heavy atom. The highest BCUT2D eigenvalue weighted by Crippen LogP contribution is 2.47. The minimum atomic E-state index is -0.160. The lowest BCUT2D eigenvalue weighted by Crippen LogP contribution is -2.19. The van der Waals surface area contributed by atoms with Gasteiger partial charge in [0.15, 0.2) is 0 Å². The summed E-state index contributed by atoms with van der Waals surface area (Å²) in [5, 5.41) is 11.3. The lowest BCUT2D eigenvalue weighted by molar-refractivity contribution is 0.414. The first kappa shape index (κ1) is 24.3. The Hall–Kier alpha value is -2.39. The highest BCUT2D eigenvalue weighted by Gasteiger charge is 2.30. The van der Waals surface area contributed by atoms with Gasteiger partial charge in [-0.15, -0.1) is 0 Å². The third-order valence-corrected chi connectivity index (χ3v) is 6.94. The SMILES string of the molecule is COc1ccc(Cc2ccc(Sc3c(C)cc(C(C)(C)C)c(O)c3C(C)(C)C)cc2)cc1. The minimum absolute atomic E-state index is 0.110. The van der Waals surface area contributed by atoms with Gasteiger partial charge in [0.2, 0.25) is 0 Å². The van der Waals surface area contributed by atoms with Crippen LogP contribution < -0.4 is 4.74 Å². The van der Waals surface area contributed by atoms with Crippen molar-refractivity contribution >= 4 is 11.8 Å². The van der Waals surface area contributed by atoms with Crippen LogP contribution in [0.5, 0.6) is 11.5 Å². The number of methoxy groups -OCH3 is 1. The number of aromatic hydroxyl groups is 1. The predicted octanol–water partition coefficient (Wildman–Crippen LogP) is 8.05. The summed E-state index contributed by atoms with van der Waals surface area (Å²) in [5.74, 6) is 1.32. The smallest absolute Gasteiger partial charge is 0.124 e. The average Bonchev–Trinajstić information content (AvgIpc) is 2.70. The molecule has 3 aromatic rings. The summed E-state index contributed by atoms with van der Waals surface area (Å²) in [5.41, 5.74) is 5.53. The number of ether oxygens (including phenoxy) is 1. The van der Waals surface area contributed by atoms with Crippen LogP contribution in [0.3, 0.4) is 0 Å². The fraction of sp³-hybridized carbons (Fsp3) is 0.379. The number of phenols is 1. The van der Waals surface area contributed by atoms with Crippen LogP contribution in [0, 0.1) is 6.92 Å². The van der Waals surface area contributed by atoms with E-state index in [-0.39, 0.29) is 10.8 Å². The quantitative estimate of drug-likeness (QED) is 0.428. The molecule has 0 radical (unpaired) electrons. The first-order valence-electron chi connectivity index (χ1n) is 11.2. The highest BCUT2D eigenvalue weighted by molar-refractivity contribution is 7.99. The predicted molar refractivity (Wildman–Crippen MR) is 137 cm³/mol. The van der Waals surface area contributed by atoms with Crippen molar-refractivity contribution in [1.82, 2.24) is 0 Å². The van der Waals surface area contributed by atoms with Gasteiger partial charge in [0, 0.05) is 15.4 Å². The van der Waals surface area contributed by atoms with Gasteiger partial charge in [-0.05, 0) is 70.7 Å². The third kappa shape index (κ3) is 5.50. The van der Waals surface area contributed by atoms with Crippen molar-refractivity contribution in [3.05, 3.63) is 82.4 Å². The van der Waals surface area contributed by atoms with Gasteiger partial charge in [0.05, 0.1) is 7.11 Å². The van der Waals surface area contributed by atoms with Crippen molar-refractivity contribution in [2.24, 2.45) is 0 Å². The van der Waals surface area contributed by atoms with Gasteiger partial charge in [-0.25, -0.2) is 0 Å². The van der Waals surface area contributed by atoms with Crippen LogP contribution in [0.25, 0.3) is 0 Å². The summed E-state index contributed by atoms with van der Waals surface area (Å²) in [7, 11) is 1.69. The first-order valence-corrected chi connectivity index (χ1v) is 12.0. The average molecular weight is 449 g/mol. The number of phenolic OH excluding ortho intramolecular Hbond substituents is 1. The van der Waals surface area contributed by atoms with E-state index in [0.29, 0.717) is 5.75 Å². The highest BCUT2D eigenvalue weighted by atomic mass is 32.2. The topological polar surface area (TPSA) is 29.5 Å². The third-order valence-electron chi connectivity index (χ3n) is 5.71. The fourth-order valence-corrected chi connectivity index (χ4v) is 5.19. The molecule has 0 heterocycles. The van der Waals surface area contributed by atoms with E-state index in [1.807, 2.05) is 12.1 Å². The van der Waals surface area contributed by atoms with Crippen LogP contribution in [0.4, 0.5) is 0 Å². The van der Waals surface area contributed by atoms with E-state index in [1.54, 1.807) is 18.9 Å². The van der Waals surface area contributed by atoms with Gasteiger partial charge >= 0.3 is 0 Å². The van der Waals surface area contributed by atoms with E-state index in [1.165, 1.54) is 21.6 Å². The standard InChI is InChI=1S/C29H36O2S/c1-19-17-24(28(2,3)4)26(30)25(29(5,6)7)27(19)32-23-15-11-21(12-16-23)18-20-9-13-22(31-8)14-10-20/h9-17,30H,18H2,1-8H3. The van der Waals surface area contributed by atoms with E-state index in [9.17, 15) is 5.11 Å². The molecule has 3 heteroatoms. The van der Waals surface area contributed by atoms with Crippen LogP contribution in [-0.4, -0.2) is 12.2 Å². The molecular weight excluding hydrogens is 412 g/mol. The van der Waals surface area contributed by atoms with Gasteiger partial charge in [-0.1, -0.05) is 83.6 Å². The zero-order chi connectivity index (χ0) is 23.7.